The maximum absolute atomic E-state index is 12.4. The summed E-state index contributed by atoms with van der Waals surface area (Å²) in [5.74, 6) is 2.53. The molecule has 3 heterocycles. The zero-order valence-corrected chi connectivity index (χ0v) is 12.7. The lowest BCUT2D eigenvalue weighted by Crippen LogP contribution is -2.48. The highest BCUT2D eigenvalue weighted by molar-refractivity contribution is 7.99. The van der Waals surface area contributed by atoms with E-state index in [1.807, 2.05) is 11.8 Å². The number of carbonyl (C=O) groups is 1. The largest absolute Gasteiger partial charge is 0.341 e. The van der Waals surface area contributed by atoms with Crippen LogP contribution in [0.1, 0.15) is 29.5 Å². The molecule has 0 spiro atoms. The standard InChI is InChI=1S/C13H19N3OS2/c1-9-6-19-12(15-9)10-3-2-4-16(5-10)13(17)11-7-18-8-14-11/h6,10-11,14H,2-5,7-8H2,1H3/t10-,11+/m0/s1. The highest BCUT2D eigenvalue weighted by Crippen LogP contribution is 2.29. The molecule has 1 N–H and O–H groups in total. The monoisotopic (exact) mass is 297 g/mol. The third-order valence-electron chi connectivity index (χ3n) is 3.73. The summed E-state index contributed by atoms with van der Waals surface area (Å²) in [4.78, 5) is 19.0. The van der Waals surface area contributed by atoms with Gasteiger partial charge in [0.2, 0.25) is 5.91 Å². The van der Waals surface area contributed by atoms with Crippen LogP contribution in [0.25, 0.3) is 0 Å². The summed E-state index contributed by atoms with van der Waals surface area (Å²) >= 11 is 3.54. The first kappa shape index (κ1) is 13.4. The topological polar surface area (TPSA) is 45.2 Å². The average Bonchev–Trinajstić information content (AvgIpc) is 3.09. The average molecular weight is 297 g/mol. The number of likely N-dealkylation sites (tertiary alicyclic amines) is 1. The van der Waals surface area contributed by atoms with Crippen molar-refractivity contribution in [2.75, 3.05) is 24.7 Å². The highest BCUT2D eigenvalue weighted by Gasteiger charge is 2.31. The zero-order valence-electron chi connectivity index (χ0n) is 11.1. The fraction of sp³-hybridized carbons (Fsp3) is 0.692. The van der Waals surface area contributed by atoms with Crippen molar-refractivity contribution in [2.24, 2.45) is 0 Å². The molecule has 1 aromatic heterocycles. The summed E-state index contributed by atoms with van der Waals surface area (Å²) in [7, 11) is 0. The highest BCUT2D eigenvalue weighted by atomic mass is 32.2. The number of aryl methyl sites for hydroxylation is 1. The van der Waals surface area contributed by atoms with Gasteiger partial charge in [0.15, 0.2) is 0 Å². The second-order valence-electron chi connectivity index (χ2n) is 5.22. The van der Waals surface area contributed by atoms with Gasteiger partial charge in [0.05, 0.1) is 11.0 Å². The van der Waals surface area contributed by atoms with Gasteiger partial charge in [0.25, 0.3) is 0 Å². The lowest BCUT2D eigenvalue weighted by molar-refractivity contribution is -0.133. The van der Waals surface area contributed by atoms with Gasteiger partial charge in [-0.15, -0.1) is 23.1 Å². The van der Waals surface area contributed by atoms with Crippen LogP contribution in [-0.4, -0.2) is 46.6 Å². The molecule has 0 bridgehead atoms. The van der Waals surface area contributed by atoms with Crippen LogP contribution in [0.3, 0.4) is 0 Å². The van der Waals surface area contributed by atoms with Crippen molar-refractivity contribution < 1.29 is 4.79 Å². The molecule has 1 amide bonds. The molecule has 0 aromatic carbocycles. The van der Waals surface area contributed by atoms with Gasteiger partial charge in [0, 0.05) is 41.7 Å². The molecule has 0 aliphatic carbocycles. The minimum absolute atomic E-state index is 0.0294. The summed E-state index contributed by atoms with van der Waals surface area (Å²) in [6.45, 7) is 3.78. The van der Waals surface area contributed by atoms with Crippen LogP contribution in [0, 0.1) is 6.92 Å². The lowest BCUT2D eigenvalue weighted by atomic mass is 9.98. The molecule has 2 fully saturated rings. The molecular weight excluding hydrogens is 278 g/mol. The first-order valence-corrected chi connectivity index (χ1v) is 8.79. The molecular formula is C13H19N3OS2. The number of nitrogens with one attached hydrogen (secondary N) is 1. The molecule has 2 aliphatic rings. The Kier molecular flexibility index (Phi) is 4.10. The minimum atomic E-state index is 0.0294. The summed E-state index contributed by atoms with van der Waals surface area (Å²) < 4.78 is 0. The van der Waals surface area contributed by atoms with Crippen molar-refractivity contribution in [2.45, 2.75) is 31.7 Å². The van der Waals surface area contributed by atoms with Gasteiger partial charge < -0.3 is 4.90 Å². The van der Waals surface area contributed by atoms with Crippen LogP contribution < -0.4 is 5.32 Å². The Morgan fingerprint density at radius 1 is 1.58 bits per heavy atom. The third kappa shape index (κ3) is 2.95. The van der Waals surface area contributed by atoms with Gasteiger partial charge in [0.1, 0.15) is 0 Å². The number of amides is 1. The Hall–Kier alpha value is -0.590. The summed E-state index contributed by atoms with van der Waals surface area (Å²) in [5, 5.41) is 6.57. The zero-order chi connectivity index (χ0) is 13.2. The van der Waals surface area contributed by atoms with Crippen molar-refractivity contribution in [1.82, 2.24) is 15.2 Å². The van der Waals surface area contributed by atoms with Crippen molar-refractivity contribution in [3.05, 3.63) is 16.1 Å². The Morgan fingerprint density at radius 3 is 3.16 bits per heavy atom. The van der Waals surface area contributed by atoms with E-state index in [1.165, 1.54) is 5.01 Å². The number of carbonyl (C=O) groups excluding carboxylic acids is 1. The van der Waals surface area contributed by atoms with Gasteiger partial charge in [-0.25, -0.2) is 4.98 Å². The number of hydrogen-bond acceptors (Lipinski definition) is 5. The second-order valence-corrected chi connectivity index (χ2v) is 7.14. The molecule has 0 radical (unpaired) electrons. The van der Waals surface area contributed by atoms with E-state index in [2.05, 4.69) is 15.7 Å². The first-order valence-electron chi connectivity index (χ1n) is 6.76. The fourth-order valence-electron chi connectivity index (χ4n) is 2.71. The molecule has 0 unspecified atom stereocenters. The van der Waals surface area contributed by atoms with E-state index in [-0.39, 0.29) is 11.9 Å². The number of nitrogens with zero attached hydrogens (tertiary/aromatic N) is 2. The molecule has 104 valence electrons. The van der Waals surface area contributed by atoms with E-state index < -0.39 is 0 Å². The number of thioether (sulfide) groups is 1. The molecule has 2 saturated heterocycles. The summed E-state index contributed by atoms with van der Waals surface area (Å²) in [6.07, 6.45) is 2.25. The maximum Gasteiger partial charge on any atom is 0.240 e. The fourth-order valence-corrected chi connectivity index (χ4v) is 4.57. The van der Waals surface area contributed by atoms with Gasteiger partial charge >= 0.3 is 0 Å². The van der Waals surface area contributed by atoms with Crippen LogP contribution in [0.4, 0.5) is 0 Å². The van der Waals surface area contributed by atoms with E-state index in [9.17, 15) is 4.79 Å². The molecule has 6 heteroatoms. The molecule has 0 saturated carbocycles. The minimum Gasteiger partial charge on any atom is -0.341 e. The number of hydrogen-bond donors (Lipinski definition) is 1. The molecule has 2 aliphatic heterocycles. The number of aromatic nitrogens is 1. The number of rotatable bonds is 2. The lowest BCUT2D eigenvalue weighted by Gasteiger charge is -2.33. The number of piperidine rings is 1. The van der Waals surface area contributed by atoms with Crippen molar-refractivity contribution in [3.8, 4) is 0 Å². The number of thiazole rings is 1. The van der Waals surface area contributed by atoms with E-state index >= 15 is 0 Å². The van der Waals surface area contributed by atoms with Crippen LogP contribution in [0.5, 0.6) is 0 Å². The Labute approximate surface area is 122 Å². The van der Waals surface area contributed by atoms with E-state index in [0.717, 1.165) is 43.3 Å². The quantitative estimate of drug-likeness (QED) is 0.904. The second kappa shape index (κ2) is 5.81. The van der Waals surface area contributed by atoms with Gasteiger partial charge in [-0.1, -0.05) is 0 Å². The molecule has 1 aromatic rings. The summed E-state index contributed by atoms with van der Waals surface area (Å²) in [5.41, 5.74) is 1.09. The molecule has 2 atom stereocenters. The molecule has 3 rings (SSSR count). The van der Waals surface area contributed by atoms with Crippen LogP contribution in [0.2, 0.25) is 0 Å². The van der Waals surface area contributed by atoms with Crippen molar-refractivity contribution in [3.63, 3.8) is 0 Å². The third-order valence-corrected chi connectivity index (χ3v) is 5.80. The normalized spacial score (nSPS) is 27.7. The Morgan fingerprint density at radius 2 is 2.47 bits per heavy atom. The van der Waals surface area contributed by atoms with E-state index in [4.69, 9.17) is 0 Å². The smallest absolute Gasteiger partial charge is 0.240 e. The Bertz CT molecular complexity index is 456. The predicted molar refractivity (Wildman–Crippen MR) is 79.7 cm³/mol. The SMILES string of the molecule is Cc1csc([C@H]2CCCN(C(=O)[C@H]3CSCN3)C2)n1. The van der Waals surface area contributed by atoms with Gasteiger partial charge in [-0.3, -0.25) is 10.1 Å². The first-order chi connectivity index (χ1) is 9.24. The summed E-state index contributed by atoms with van der Waals surface area (Å²) in [6, 6.07) is 0.0294. The predicted octanol–water partition coefficient (Wildman–Crippen LogP) is 1.82. The van der Waals surface area contributed by atoms with Crippen molar-refractivity contribution in [1.29, 1.82) is 0 Å². The van der Waals surface area contributed by atoms with Crippen LogP contribution in [0.15, 0.2) is 5.38 Å². The Balaban J connectivity index is 1.65. The van der Waals surface area contributed by atoms with Gasteiger partial charge in [-0.2, -0.15) is 0 Å². The van der Waals surface area contributed by atoms with Crippen LogP contribution >= 0.6 is 23.1 Å². The van der Waals surface area contributed by atoms with E-state index in [0.29, 0.717) is 5.92 Å². The van der Waals surface area contributed by atoms with E-state index in [1.54, 1.807) is 23.1 Å². The molecule has 4 nitrogen and oxygen atoms in total. The van der Waals surface area contributed by atoms with Gasteiger partial charge in [-0.05, 0) is 19.8 Å². The van der Waals surface area contributed by atoms with Crippen LogP contribution in [-0.2, 0) is 4.79 Å². The maximum atomic E-state index is 12.4. The molecule has 19 heavy (non-hydrogen) atoms. The van der Waals surface area contributed by atoms with Crippen molar-refractivity contribution >= 4 is 29.0 Å².